The molecule has 1 saturated carbocycles. The van der Waals surface area contributed by atoms with Gasteiger partial charge in [-0.25, -0.2) is 0 Å². The Bertz CT molecular complexity index is 421. The first-order valence-corrected chi connectivity index (χ1v) is 5.10. The van der Waals surface area contributed by atoms with Gasteiger partial charge in [0.05, 0.1) is 19.6 Å². The highest BCUT2D eigenvalue weighted by molar-refractivity contribution is 5.86. The third-order valence-corrected chi connectivity index (χ3v) is 3.08. The highest BCUT2D eigenvalue weighted by Gasteiger charge is 2.53. The molecule has 1 aromatic carbocycles. The van der Waals surface area contributed by atoms with E-state index in [0.717, 1.165) is 5.56 Å². The van der Waals surface area contributed by atoms with Crippen molar-refractivity contribution in [2.75, 3.05) is 14.2 Å². The minimum atomic E-state index is -0.782. The lowest BCUT2D eigenvalue weighted by molar-refractivity contribution is -0.140. The normalized spacial score (nSPS) is 16.6. The van der Waals surface area contributed by atoms with E-state index in [0.29, 0.717) is 24.3 Å². The van der Waals surface area contributed by atoms with Crippen molar-refractivity contribution >= 4 is 5.97 Å². The van der Waals surface area contributed by atoms with Gasteiger partial charge in [0, 0.05) is 11.6 Å². The molecule has 0 spiro atoms. The van der Waals surface area contributed by atoms with Crippen molar-refractivity contribution < 1.29 is 19.4 Å². The number of hydrogen-bond donors (Lipinski definition) is 1. The van der Waals surface area contributed by atoms with Gasteiger partial charge in [0.15, 0.2) is 0 Å². The lowest BCUT2D eigenvalue weighted by Crippen LogP contribution is -2.20. The van der Waals surface area contributed by atoms with Crippen molar-refractivity contribution in [2.45, 2.75) is 18.3 Å². The van der Waals surface area contributed by atoms with Crippen molar-refractivity contribution in [1.82, 2.24) is 0 Å². The number of ether oxygens (including phenoxy) is 2. The van der Waals surface area contributed by atoms with Crippen molar-refractivity contribution in [3.8, 4) is 11.5 Å². The monoisotopic (exact) mass is 222 g/mol. The van der Waals surface area contributed by atoms with E-state index >= 15 is 0 Å². The molecule has 0 unspecified atom stereocenters. The molecule has 0 atom stereocenters. The van der Waals surface area contributed by atoms with Crippen LogP contribution in [0.4, 0.5) is 0 Å². The Morgan fingerprint density at radius 3 is 2.44 bits per heavy atom. The van der Waals surface area contributed by atoms with E-state index in [1.165, 1.54) is 7.11 Å². The summed E-state index contributed by atoms with van der Waals surface area (Å²) < 4.78 is 10.3. The zero-order chi connectivity index (χ0) is 11.8. The summed E-state index contributed by atoms with van der Waals surface area (Å²) in [6.45, 7) is 0. The molecule has 1 aliphatic carbocycles. The van der Waals surface area contributed by atoms with Gasteiger partial charge < -0.3 is 14.6 Å². The first-order valence-electron chi connectivity index (χ1n) is 5.10. The van der Waals surface area contributed by atoms with Crippen LogP contribution in [0.5, 0.6) is 11.5 Å². The van der Waals surface area contributed by atoms with Gasteiger partial charge in [-0.05, 0) is 18.9 Å². The number of carboxylic acid groups (broad SMARTS) is 1. The summed E-state index contributed by atoms with van der Waals surface area (Å²) in [5, 5.41) is 9.22. The average Bonchev–Trinajstić information content (AvgIpc) is 3.09. The number of hydrogen-bond acceptors (Lipinski definition) is 3. The summed E-state index contributed by atoms with van der Waals surface area (Å²) in [6.07, 6.45) is 1.34. The Kier molecular flexibility index (Phi) is 2.50. The zero-order valence-corrected chi connectivity index (χ0v) is 9.32. The Morgan fingerprint density at radius 1 is 1.31 bits per heavy atom. The number of methoxy groups -OCH3 is 2. The first kappa shape index (κ1) is 10.8. The van der Waals surface area contributed by atoms with Crippen LogP contribution in [0.1, 0.15) is 18.4 Å². The molecule has 0 saturated heterocycles. The second-order valence-electron chi connectivity index (χ2n) is 3.95. The molecule has 4 nitrogen and oxygen atoms in total. The summed E-state index contributed by atoms with van der Waals surface area (Å²) in [5.74, 6) is 0.469. The third-order valence-electron chi connectivity index (χ3n) is 3.08. The molecular weight excluding hydrogens is 208 g/mol. The third kappa shape index (κ3) is 1.50. The van der Waals surface area contributed by atoms with Crippen LogP contribution in [0.3, 0.4) is 0 Å². The Hall–Kier alpha value is -1.71. The predicted octanol–water partition coefficient (Wildman–Crippen LogP) is 1.82. The molecule has 1 fully saturated rings. The van der Waals surface area contributed by atoms with E-state index < -0.39 is 11.4 Å². The van der Waals surface area contributed by atoms with Gasteiger partial charge in [0.1, 0.15) is 11.5 Å². The maximum absolute atomic E-state index is 11.2. The number of carboxylic acids is 1. The van der Waals surface area contributed by atoms with Gasteiger partial charge in [-0.2, -0.15) is 0 Å². The van der Waals surface area contributed by atoms with Crippen LogP contribution in [-0.2, 0) is 10.2 Å². The molecule has 2 rings (SSSR count). The molecule has 0 bridgehead atoms. The molecule has 1 aliphatic rings. The minimum absolute atomic E-state index is 0.583. The molecule has 0 heterocycles. The fraction of sp³-hybridized carbons (Fsp3) is 0.417. The topological polar surface area (TPSA) is 55.8 Å². The van der Waals surface area contributed by atoms with Crippen LogP contribution >= 0.6 is 0 Å². The van der Waals surface area contributed by atoms with E-state index in [2.05, 4.69) is 0 Å². The minimum Gasteiger partial charge on any atom is -0.497 e. The predicted molar refractivity (Wildman–Crippen MR) is 58.1 cm³/mol. The Labute approximate surface area is 93.8 Å². The van der Waals surface area contributed by atoms with Crippen molar-refractivity contribution in [3.63, 3.8) is 0 Å². The second-order valence-corrected chi connectivity index (χ2v) is 3.95. The molecule has 0 radical (unpaired) electrons. The molecule has 86 valence electrons. The molecule has 1 aromatic rings. The second kappa shape index (κ2) is 3.70. The van der Waals surface area contributed by atoms with Crippen LogP contribution in [0.15, 0.2) is 18.2 Å². The van der Waals surface area contributed by atoms with Crippen LogP contribution in [0, 0.1) is 0 Å². The van der Waals surface area contributed by atoms with Gasteiger partial charge >= 0.3 is 5.97 Å². The highest BCUT2D eigenvalue weighted by atomic mass is 16.5. The van der Waals surface area contributed by atoms with Gasteiger partial charge in [0.2, 0.25) is 0 Å². The van der Waals surface area contributed by atoms with Gasteiger partial charge in [0.25, 0.3) is 0 Å². The van der Waals surface area contributed by atoms with Crippen LogP contribution in [0.2, 0.25) is 0 Å². The molecule has 0 aromatic heterocycles. The fourth-order valence-electron chi connectivity index (χ4n) is 1.92. The average molecular weight is 222 g/mol. The maximum Gasteiger partial charge on any atom is 0.314 e. The zero-order valence-electron chi connectivity index (χ0n) is 9.32. The number of aliphatic carboxylic acids is 1. The SMILES string of the molecule is COc1ccc(C2(C(=O)O)CC2)c(OC)c1. The molecule has 0 amide bonds. The van der Waals surface area contributed by atoms with Gasteiger partial charge in [-0.15, -0.1) is 0 Å². The lowest BCUT2D eigenvalue weighted by Gasteiger charge is -2.15. The largest absolute Gasteiger partial charge is 0.497 e. The molecule has 1 N–H and O–H groups in total. The van der Waals surface area contributed by atoms with Gasteiger partial charge in [-0.1, -0.05) is 6.07 Å². The van der Waals surface area contributed by atoms with Crippen LogP contribution in [0.25, 0.3) is 0 Å². The van der Waals surface area contributed by atoms with Crippen LogP contribution < -0.4 is 9.47 Å². The Balaban J connectivity index is 2.45. The van der Waals surface area contributed by atoms with Crippen molar-refractivity contribution in [3.05, 3.63) is 23.8 Å². The fourth-order valence-corrected chi connectivity index (χ4v) is 1.92. The smallest absolute Gasteiger partial charge is 0.314 e. The lowest BCUT2D eigenvalue weighted by atomic mass is 9.95. The van der Waals surface area contributed by atoms with Crippen molar-refractivity contribution in [1.29, 1.82) is 0 Å². The van der Waals surface area contributed by atoms with E-state index in [9.17, 15) is 9.90 Å². The van der Waals surface area contributed by atoms with Crippen molar-refractivity contribution in [2.24, 2.45) is 0 Å². The molecule has 0 aliphatic heterocycles. The summed E-state index contributed by atoms with van der Waals surface area (Å²) in [5.41, 5.74) is 0.000689. The quantitative estimate of drug-likeness (QED) is 0.844. The number of carbonyl (C=O) groups is 1. The highest BCUT2D eigenvalue weighted by Crippen LogP contribution is 2.52. The van der Waals surface area contributed by atoms with Gasteiger partial charge in [-0.3, -0.25) is 4.79 Å². The maximum atomic E-state index is 11.2. The van der Waals surface area contributed by atoms with E-state index in [1.54, 1.807) is 25.3 Å². The van der Waals surface area contributed by atoms with Crippen LogP contribution in [-0.4, -0.2) is 25.3 Å². The molecular formula is C12H14O4. The standard InChI is InChI=1S/C12H14O4/c1-15-8-3-4-9(10(7-8)16-2)12(5-6-12)11(13)14/h3-4,7H,5-6H2,1-2H3,(H,13,14). The summed E-state index contributed by atoms with van der Waals surface area (Å²) >= 11 is 0. The molecule has 4 heteroatoms. The molecule has 16 heavy (non-hydrogen) atoms. The van der Waals surface area contributed by atoms with E-state index in [1.807, 2.05) is 0 Å². The summed E-state index contributed by atoms with van der Waals surface area (Å²) in [4.78, 5) is 11.2. The summed E-state index contributed by atoms with van der Waals surface area (Å²) in [6, 6.07) is 5.26. The first-order chi connectivity index (χ1) is 7.64. The summed E-state index contributed by atoms with van der Waals surface area (Å²) in [7, 11) is 3.11. The van der Waals surface area contributed by atoms with E-state index in [4.69, 9.17) is 9.47 Å². The number of rotatable bonds is 4. The Morgan fingerprint density at radius 2 is 2.00 bits per heavy atom. The van der Waals surface area contributed by atoms with E-state index in [-0.39, 0.29) is 0 Å². The number of benzene rings is 1.